The van der Waals surface area contributed by atoms with E-state index in [9.17, 15) is 0 Å². The van der Waals surface area contributed by atoms with Crippen molar-refractivity contribution in [3.8, 4) is 11.5 Å². The predicted octanol–water partition coefficient (Wildman–Crippen LogP) is 4.05. The number of benzene rings is 1. The van der Waals surface area contributed by atoms with E-state index in [0.29, 0.717) is 5.89 Å². The van der Waals surface area contributed by atoms with Gasteiger partial charge in [0.15, 0.2) is 5.96 Å². The Hall–Kier alpha value is -2.60. The molecule has 0 bridgehead atoms. The third kappa shape index (κ3) is 5.96. The Morgan fingerprint density at radius 1 is 1.15 bits per heavy atom. The molecule has 5 nitrogen and oxygen atoms in total. The first kappa shape index (κ1) is 19.2. The van der Waals surface area contributed by atoms with Gasteiger partial charge in [-0.25, -0.2) is 4.98 Å². The van der Waals surface area contributed by atoms with Gasteiger partial charge in [0.25, 0.3) is 0 Å². The van der Waals surface area contributed by atoms with Crippen molar-refractivity contribution in [2.24, 2.45) is 4.99 Å². The van der Waals surface area contributed by atoms with E-state index in [1.165, 1.54) is 10.4 Å². The zero-order valence-electron chi connectivity index (χ0n) is 15.9. The Bertz CT molecular complexity index is 837. The van der Waals surface area contributed by atoms with Crippen LogP contribution in [0.2, 0.25) is 0 Å². The van der Waals surface area contributed by atoms with Crippen LogP contribution in [0.5, 0.6) is 0 Å². The summed E-state index contributed by atoms with van der Waals surface area (Å²) in [7, 11) is 0. The van der Waals surface area contributed by atoms with Crippen molar-refractivity contribution in [2.75, 3.05) is 19.6 Å². The lowest BCUT2D eigenvalue weighted by Gasteiger charge is -2.10. The van der Waals surface area contributed by atoms with Crippen LogP contribution in [0.3, 0.4) is 0 Å². The molecule has 0 aliphatic rings. The third-order valence-corrected chi connectivity index (χ3v) is 5.01. The molecule has 0 atom stereocenters. The van der Waals surface area contributed by atoms with Gasteiger partial charge in [-0.3, -0.25) is 4.99 Å². The standard InChI is InChI=1S/C21H26N4OS/c1-3-22-21(24-13-11-19-5-4-14-27-19)23-12-10-18-15-26-20(25-18)17-8-6-16(2)7-9-17/h4-9,14-15H,3,10-13H2,1-2H3,(H2,22,23,24). The number of rotatable bonds is 8. The first-order chi connectivity index (χ1) is 13.2. The molecule has 0 amide bonds. The van der Waals surface area contributed by atoms with Crippen LogP contribution in [0.25, 0.3) is 11.5 Å². The van der Waals surface area contributed by atoms with E-state index in [1.54, 1.807) is 17.6 Å². The summed E-state index contributed by atoms with van der Waals surface area (Å²) in [6.07, 6.45) is 3.49. The SMILES string of the molecule is CCNC(=NCCc1cccs1)NCCc1coc(-c2ccc(C)cc2)n1. The van der Waals surface area contributed by atoms with Crippen molar-refractivity contribution >= 4 is 17.3 Å². The number of aliphatic imine (C=N–C) groups is 1. The van der Waals surface area contributed by atoms with Crippen LogP contribution in [-0.2, 0) is 12.8 Å². The van der Waals surface area contributed by atoms with Crippen LogP contribution in [0, 0.1) is 6.92 Å². The second kappa shape index (κ2) is 9.92. The number of hydrogen-bond donors (Lipinski definition) is 2. The van der Waals surface area contributed by atoms with Crippen molar-refractivity contribution in [1.29, 1.82) is 0 Å². The summed E-state index contributed by atoms with van der Waals surface area (Å²) in [4.78, 5) is 10.6. The quantitative estimate of drug-likeness (QED) is 0.456. The molecule has 2 aromatic heterocycles. The van der Waals surface area contributed by atoms with Gasteiger partial charge in [-0.05, 0) is 37.4 Å². The van der Waals surface area contributed by atoms with E-state index in [-0.39, 0.29) is 0 Å². The van der Waals surface area contributed by atoms with E-state index in [4.69, 9.17) is 4.42 Å². The van der Waals surface area contributed by atoms with Gasteiger partial charge in [-0.15, -0.1) is 11.3 Å². The molecule has 2 N–H and O–H groups in total. The molecule has 3 aromatic rings. The van der Waals surface area contributed by atoms with Crippen molar-refractivity contribution < 1.29 is 4.42 Å². The molecule has 142 valence electrons. The van der Waals surface area contributed by atoms with Crippen LogP contribution in [0.4, 0.5) is 0 Å². The second-order valence-electron chi connectivity index (χ2n) is 6.28. The molecule has 0 aliphatic heterocycles. The summed E-state index contributed by atoms with van der Waals surface area (Å²) in [5.41, 5.74) is 3.17. The summed E-state index contributed by atoms with van der Waals surface area (Å²) >= 11 is 1.78. The van der Waals surface area contributed by atoms with Gasteiger partial charge < -0.3 is 15.1 Å². The van der Waals surface area contributed by atoms with Crippen LogP contribution >= 0.6 is 11.3 Å². The molecule has 6 heteroatoms. The third-order valence-electron chi connectivity index (χ3n) is 4.08. The highest BCUT2D eigenvalue weighted by atomic mass is 32.1. The van der Waals surface area contributed by atoms with Crippen molar-refractivity contribution in [2.45, 2.75) is 26.7 Å². The Balaban J connectivity index is 1.48. The van der Waals surface area contributed by atoms with Crippen LogP contribution in [0.15, 0.2) is 57.5 Å². The fourth-order valence-electron chi connectivity index (χ4n) is 2.63. The Labute approximate surface area is 164 Å². The zero-order chi connectivity index (χ0) is 18.9. The molecule has 0 unspecified atom stereocenters. The first-order valence-corrected chi connectivity index (χ1v) is 10.2. The molecule has 0 radical (unpaired) electrons. The maximum atomic E-state index is 5.62. The van der Waals surface area contributed by atoms with Gasteiger partial charge in [0.2, 0.25) is 5.89 Å². The second-order valence-corrected chi connectivity index (χ2v) is 7.31. The number of nitrogens with zero attached hydrogens (tertiary/aromatic N) is 2. The number of nitrogens with one attached hydrogen (secondary N) is 2. The minimum Gasteiger partial charge on any atom is -0.444 e. The van der Waals surface area contributed by atoms with E-state index < -0.39 is 0 Å². The van der Waals surface area contributed by atoms with Gasteiger partial charge in [0.1, 0.15) is 6.26 Å². The fourth-order valence-corrected chi connectivity index (χ4v) is 3.33. The molecular formula is C21H26N4OS. The number of aromatic nitrogens is 1. The molecule has 0 aliphatic carbocycles. The summed E-state index contributed by atoms with van der Waals surface area (Å²) in [6.45, 7) is 6.51. The largest absolute Gasteiger partial charge is 0.444 e. The molecule has 0 saturated heterocycles. The maximum Gasteiger partial charge on any atom is 0.226 e. The molecule has 1 aromatic carbocycles. The lowest BCUT2D eigenvalue weighted by atomic mass is 10.1. The number of aryl methyl sites for hydroxylation is 1. The lowest BCUT2D eigenvalue weighted by Crippen LogP contribution is -2.38. The molecule has 0 saturated carbocycles. The van der Waals surface area contributed by atoms with Crippen molar-refractivity contribution in [3.63, 3.8) is 0 Å². The van der Waals surface area contributed by atoms with E-state index in [1.807, 2.05) is 12.1 Å². The highest BCUT2D eigenvalue weighted by Crippen LogP contribution is 2.19. The highest BCUT2D eigenvalue weighted by Gasteiger charge is 2.07. The topological polar surface area (TPSA) is 62.5 Å². The van der Waals surface area contributed by atoms with Crippen molar-refractivity contribution in [3.05, 3.63) is 64.2 Å². The Morgan fingerprint density at radius 3 is 2.74 bits per heavy atom. The van der Waals surface area contributed by atoms with Gasteiger partial charge in [0.05, 0.1) is 5.69 Å². The summed E-state index contributed by atoms with van der Waals surface area (Å²) in [6, 6.07) is 12.4. The average molecular weight is 383 g/mol. The van der Waals surface area contributed by atoms with Gasteiger partial charge in [-0.1, -0.05) is 23.8 Å². The molecule has 27 heavy (non-hydrogen) atoms. The Morgan fingerprint density at radius 2 is 2.00 bits per heavy atom. The van der Waals surface area contributed by atoms with Gasteiger partial charge in [-0.2, -0.15) is 0 Å². The first-order valence-electron chi connectivity index (χ1n) is 9.30. The van der Waals surface area contributed by atoms with Crippen LogP contribution in [-0.4, -0.2) is 30.6 Å². The smallest absolute Gasteiger partial charge is 0.226 e. The van der Waals surface area contributed by atoms with Crippen molar-refractivity contribution in [1.82, 2.24) is 15.6 Å². The number of hydrogen-bond acceptors (Lipinski definition) is 4. The summed E-state index contributed by atoms with van der Waals surface area (Å²) in [5, 5.41) is 8.75. The van der Waals surface area contributed by atoms with E-state index in [0.717, 1.165) is 49.7 Å². The average Bonchev–Trinajstić information content (AvgIpc) is 3.34. The number of guanidine groups is 1. The minimum absolute atomic E-state index is 0.668. The molecule has 0 fully saturated rings. The fraction of sp³-hybridized carbons (Fsp3) is 0.333. The van der Waals surface area contributed by atoms with Crippen LogP contribution in [0.1, 0.15) is 23.1 Å². The minimum atomic E-state index is 0.668. The molecule has 3 rings (SSSR count). The maximum absolute atomic E-state index is 5.62. The number of thiophene rings is 1. The monoisotopic (exact) mass is 382 g/mol. The molecule has 2 heterocycles. The Kier molecular flexibility index (Phi) is 7.04. The summed E-state index contributed by atoms with van der Waals surface area (Å²) in [5.74, 6) is 1.51. The van der Waals surface area contributed by atoms with Gasteiger partial charge in [0, 0.05) is 42.9 Å². The highest BCUT2D eigenvalue weighted by molar-refractivity contribution is 7.09. The van der Waals surface area contributed by atoms with E-state index in [2.05, 4.69) is 64.1 Å². The summed E-state index contributed by atoms with van der Waals surface area (Å²) < 4.78 is 5.62. The molecule has 0 spiro atoms. The normalized spacial score (nSPS) is 11.6. The van der Waals surface area contributed by atoms with E-state index >= 15 is 0 Å². The lowest BCUT2D eigenvalue weighted by molar-refractivity contribution is 0.572. The van der Waals surface area contributed by atoms with Gasteiger partial charge >= 0.3 is 0 Å². The predicted molar refractivity (Wildman–Crippen MR) is 112 cm³/mol. The number of oxazole rings is 1. The van der Waals surface area contributed by atoms with Crippen LogP contribution < -0.4 is 10.6 Å². The molecular weight excluding hydrogens is 356 g/mol. The zero-order valence-corrected chi connectivity index (χ0v) is 16.7.